The number of amides is 1. The van der Waals surface area contributed by atoms with E-state index in [4.69, 9.17) is 20.9 Å². The summed E-state index contributed by atoms with van der Waals surface area (Å²) in [5.74, 6) is -1.30. The number of nitrogens with one attached hydrogen (secondary N) is 1. The molecule has 0 aliphatic rings. The first-order chi connectivity index (χ1) is 16.0. The number of carboxylic acids is 1. The average Bonchev–Trinajstić information content (AvgIpc) is 3.13. The Morgan fingerprint density at radius 1 is 1.12 bits per heavy atom. The van der Waals surface area contributed by atoms with Crippen LogP contribution in [0.15, 0.2) is 53.1 Å². The molecule has 0 bridgehead atoms. The Bertz CT molecular complexity index is 1210. The van der Waals surface area contributed by atoms with Crippen molar-refractivity contribution in [1.29, 1.82) is 0 Å². The predicted octanol–water partition coefficient (Wildman–Crippen LogP) is 5.57. The van der Waals surface area contributed by atoms with Gasteiger partial charge in [0.2, 0.25) is 0 Å². The topological polar surface area (TPSA) is 119 Å². The zero-order valence-corrected chi connectivity index (χ0v) is 20.0. The largest absolute Gasteiger partial charge is 0.481 e. The van der Waals surface area contributed by atoms with Crippen molar-refractivity contribution in [3.8, 4) is 11.1 Å². The maximum atomic E-state index is 13.3. The number of carbonyl (C=O) groups is 3. The molecule has 0 aliphatic heterocycles. The molecule has 1 atom stereocenters. The van der Waals surface area contributed by atoms with E-state index in [1.54, 1.807) is 76.2 Å². The highest BCUT2D eigenvalue weighted by Crippen LogP contribution is 2.36. The molecule has 0 saturated carbocycles. The Kier molecular flexibility index (Phi) is 7.41. The van der Waals surface area contributed by atoms with Gasteiger partial charge in [0, 0.05) is 16.1 Å². The number of carboxylic acid groups (broad SMARTS) is 1. The number of carbonyl (C=O) groups excluding carboxylic acids is 2. The lowest BCUT2D eigenvalue weighted by atomic mass is 9.91. The molecule has 8 nitrogen and oxygen atoms in total. The summed E-state index contributed by atoms with van der Waals surface area (Å²) >= 11 is 5.95. The van der Waals surface area contributed by atoms with E-state index in [-0.39, 0.29) is 11.5 Å². The first-order valence-electron chi connectivity index (χ1n) is 10.5. The van der Waals surface area contributed by atoms with Gasteiger partial charge in [0.15, 0.2) is 11.5 Å². The number of aromatic nitrogens is 1. The minimum Gasteiger partial charge on any atom is -0.481 e. The number of benzene rings is 2. The highest BCUT2D eigenvalue weighted by atomic mass is 35.5. The van der Waals surface area contributed by atoms with Gasteiger partial charge in [-0.3, -0.25) is 9.59 Å². The molecular weight excluding hydrogens is 460 g/mol. The Morgan fingerprint density at radius 3 is 2.38 bits per heavy atom. The van der Waals surface area contributed by atoms with Gasteiger partial charge in [0.05, 0.1) is 17.7 Å². The van der Waals surface area contributed by atoms with Gasteiger partial charge in [0.25, 0.3) is 0 Å². The van der Waals surface area contributed by atoms with Crippen LogP contribution in [-0.4, -0.2) is 33.7 Å². The molecule has 0 fully saturated rings. The molecule has 0 aliphatic carbocycles. The summed E-state index contributed by atoms with van der Waals surface area (Å²) in [4.78, 5) is 37.3. The lowest BCUT2D eigenvalue weighted by molar-refractivity contribution is -0.137. The zero-order valence-electron chi connectivity index (χ0n) is 19.2. The van der Waals surface area contributed by atoms with Crippen LogP contribution in [0.4, 0.5) is 4.79 Å². The van der Waals surface area contributed by atoms with Gasteiger partial charge < -0.3 is 19.7 Å². The highest BCUT2D eigenvalue weighted by molar-refractivity contribution is 6.30. The molecule has 9 heteroatoms. The first-order valence-corrected chi connectivity index (χ1v) is 10.9. The maximum Gasteiger partial charge on any atom is 0.408 e. The van der Waals surface area contributed by atoms with Crippen LogP contribution in [0.25, 0.3) is 11.1 Å². The van der Waals surface area contributed by atoms with E-state index in [1.807, 2.05) is 0 Å². The van der Waals surface area contributed by atoms with Crippen molar-refractivity contribution in [2.75, 3.05) is 0 Å². The number of ketones is 1. The SMILES string of the molecule is Cc1noc([C@H](CC(=O)O)NC(=O)OC(C)(C)C)c1-c1ccccc1C(=O)c1ccc(Cl)cc1. The van der Waals surface area contributed by atoms with Crippen molar-refractivity contribution in [3.63, 3.8) is 0 Å². The number of hydrogen-bond donors (Lipinski definition) is 2. The van der Waals surface area contributed by atoms with E-state index in [9.17, 15) is 19.5 Å². The fraction of sp³-hybridized carbons (Fsp3) is 0.280. The van der Waals surface area contributed by atoms with E-state index >= 15 is 0 Å². The summed E-state index contributed by atoms with van der Waals surface area (Å²) in [6.07, 6.45) is -1.28. The second-order valence-corrected chi connectivity index (χ2v) is 9.12. The van der Waals surface area contributed by atoms with E-state index < -0.39 is 30.1 Å². The van der Waals surface area contributed by atoms with Gasteiger partial charge >= 0.3 is 12.1 Å². The van der Waals surface area contributed by atoms with Crippen molar-refractivity contribution in [2.45, 2.75) is 45.8 Å². The van der Waals surface area contributed by atoms with Gasteiger partial charge in [-0.25, -0.2) is 4.79 Å². The molecule has 1 heterocycles. The smallest absolute Gasteiger partial charge is 0.408 e. The van der Waals surface area contributed by atoms with Crippen molar-refractivity contribution < 1.29 is 28.8 Å². The van der Waals surface area contributed by atoms with Crippen LogP contribution in [0.5, 0.6) is 0 Å². The summed E-state index contributed by atoms with van der Waals surface area (Å²) in [5, 5.41) is 16.5. The van der Waals surface area contributed by atoms with Crippen molar-refractivity contribution in [2.24, 2.45) is 0 Å². The normalized spacial score (nSPS) is 12.1. The monoisotopic (exact) mass is 484 g/mol. The van der Waals surface area contributed by atoms with Crippen molar-refractivity contribution in [1.82, 2.24) is 10.5 Å². The molecule has 0 spiro atoms. The van der Waals surface area contributed by atoms with Gasteiger partial charge in [-0.15, -0.1) is 0 Å². The van der Waals surface area contributed by atoms with Gasteiger partial charge in [-0.1, -0.05) is 41.0 Å². The number of aliphatic carboxylic acids is 1. The molecule has 3 rings (SSSR count). The van der Waals surface area contributed by atoms with Crippen LogP contribution in [-0.2, 0) is 9.53 Å². The lowest BCUT2D eigenvalue weighted by Crippen LogP contribution is -2.35. The standard InChI is InChI=1S/C25H25ClN2O6/c1-14-21(17-7-5-6-8-18(17)22(31)15-9-11-16(26)12-10-15)23(34-28-14)19(13-20(29)30)27-24(32)33-25(2,3)4/h5-12,19H,13H2,1-4H3,(H,27,32)(H,29,30)/t19-/m0/s1. The molecule has 2 N–H and O–H groups in total. The quantitative estimate of drug-likeness (QED) is 0.420. The number of hydrogen-bond acceptors (Lipinski definition) is 6. The minimum atomic E-state index is -1.16. The zero-order chi connectivity index (χ0) is 25.0. The summed E-state index contributed by atoms with van der Waals surface area (Å²) in [7, 11) is 0. The highest BCUT2D eigenvalue weighted by Gasteiger charge is 2.30. The molecule has 34 heavy (non-hydrogen) atoms. The van der Waals surface area contributed by atoms with Crippen LogP contribution in [0, 0.1) is 6.92 Å². The Morgan fingerprint density at radius 2 is 1.76 bits per heavy atom. The van der Waals surface area contributed by atoms with Gasteiger partial charge in [0.1, 0.15) is 11.6 Å². The van der Waals surface area contributed by atoms with Crippen LogP contribution in [0.1, 0.15) is 60.6 Å². The molecule has 178 valence electrons. The molecule has 0 saturated heterocycles. The molecular formula is C25H25ClN2O6. The maximum absolute atomic E-state index is 13.3. The molecule has 1 aromatic heterocycles. The second-order valence-electron chi connectivity index (χ2n) is 8.69. The van der Waals surface area contributed by atoms with Crippen molar-refractivity contribution in [3.05, 3.63) is 76.1 Å². The van der Waals surface area contributed by atoms with E-state index in [1.165, 1.54) is 0 Å². The number of alkyl carbamates (subject to hydrolysis) is 1. The lowest BCUT2D eigenvalue weighted by Gasteiger charge is -2.22. The number of halogens is 1. The van der Waals surface area contributed by atoms with Gasteiger partial charge in [-0.2, -0.15) is 0 Å². The Labute approximate surface area is 201 Å². The molecule has 3 aromatic rings. The molecule has 0 radical (unpaired) electrons. The molecule has 2 aromatic carbocycles. The molecule has 0 unspecified atom stereocenters. The average molecular weight is 485 g/mol. The third kappa shape index (κ3) is 6.02. The van der Waals surface area contributed by atoms with Gasteiger partial charge in [-0.05, 0) is 57.5 Å². The number of nitrogens with zero attached hydrogens (tertiary/aromatic N) is 1. The fourth-order valence-electron chi connectivity index (χ4n) is 3.44. The number of ether oxygens (including phenoxy) is 1. The Hall–Kier alpha value is -3.65. The van der Waals surface area contributed by atoms with Crippen LogP contribution in [0.3, 0.4) is 0 Å². The van der Waals surface area contributed by atoms with Crippen LogP contribution in [0.2, 0.25) is 5.02 Å². The second kappa shape index (κ2) is 10.1. The van der Waals surface area contributed by atoms with E-state index in [0.29, 0.717) is 33.0 Å². The number of rotatable bonds is 7. The summed E-state index contributed by atoms with van der Waals surface area (Å²) in [6, 6.07) is 12.3. The molecule has 1 amide bonds. The first kappa shape index (κ1) is 25.0. The summed E-state index contributed by atoms with van der Waals surface area (Å²) in [5.41, 5.74) is 1.38. The third-order valence-corrected chi connectivity index (χ3v) is 5.07. The van der Waals surface area contributed by atoms with Crippen LogP contribution < -0.4 is 5.32 Å². The van der Waals surface area contributed by atoms with E-state index in [2.05, 4.69) is 10.5 Å². The Balaban J connectivity index is 2.06. The predicted molar refractivity (Wildman–Crippen MR) is 126 cm³/mol. The number of aryl methyl sites for hydroxylation is 1. The summed E-state index contributed by atoms with van der Waals surface area (Å²) in [6.45, 7) is 6.77. The van der Waals surface area contributed by atoms with Crippen LogP contribution >= 0.6 is 11.6 Å². The third-order valence-electron chi connectivity index (χ3n) is 4.82. The minimum absolute atomic E-state index is 0.113. The van der Waals surface area contributed by atoms with Crippen molar-refractivity contribution >= 4 is 29.4 Å². The fourth-order valence-corrected chi connectivity index (χ4v) is 3.57. The summed E-state index contributed by atoms with van der Waals surface area (Å²) < 4.78 is 10.8. The van der Waals surface area contributed by atoms with E-state index in [0.717, 1.165) is 0 Å².